The fraction of sp³-hybridized carbons (Fsp3) is 0.250. The lowest BCUT2D eigenvalue weighted by Crippen LogP contribution is -2.22. The summed E-state index contributed by atoms with van der Waals surface area (Å²) in [5.74, 6) is -1.14. The second kappa shape index (κ2) is 4.84. The predicted octanol–water partition coefficient (Wildman–Crippen LogP) is 3.54. The van der Waals surface area contributed by atoms with E-state index in [-0.39, 0.29) is 17.8 Å². The van der Waals surface area contributed by atoms with Gasteiger partial charge in [-0.2, -0.15) is 0 Å². The molecular formula is C16H16O3. The molecule has 0 saturated carbocycles. The van der Waals surface area contributed by atoms with Crippen LogP contribution < -0.4 is 0 Å². The third-order valence-corrected chi connectivity index (χ3v) is 3.15. The molecule has 1 aliphatic rings. The Kier molecular flexibility index (Phi) is 3.38. The Hall–Kier alpha value is -2.16. The first-order chi connectivity index (χ1) is 8.91. The Morgan fingerprint density at radius 2 is 1.84 bits per heavy atom. The van der Waals surface area contributed by atoms with Gasteiger partial charge in [0.2, 0.25) is 5.78 Å². The fourth-order valence-electron chi connectivity index (χ4n) is 2.07. The summed E-state index contributed by atoms with van der Waals surface area (Å²) in [5, 5.41) is 9.94. The Morgan fingerprint density at radius 3 is 2.47 bits per heavy atom. The summed E-state index contributed by atoms with van der Waals surface area (Å²) in [4.78, 5) is 24.4. The summed E-state index contributed by atoms with van der Waals surface area (Å²) in [6.45, 7) is 5.66. The summed E-state index contributed by atoms with van der Waals surface area (Å²) >= 11 is 0. The van der Waals surface area contributed by atoms with E-state index < -0.39 is 11.5 Å². The number of hydrogen-bond donors (Lipinski definition) is 1. The number of fused-ring (bicyclic) bond motifs is 1. The van der Waals surface area contributed by atoms with E-state index in [2.05, 4.69) is 0 Å². The van der Waals surface area contributed by atoms with Gasteiger partial charge in [0.25, 0.3) is 0 Å². The van der Waals surface area contributed by atoms with Crippen LogP contribution in [0.25, 0.3) is 0 Å². The van der Waals surface area contributed by atoms with Crippen molar-refractivity contribution in [1.29, 1.82) is 0 Å². The highest BCUT2D eigenvalue weighted by Gasteiger charge is 2.31. The topological polar surface area (TPSA) is 54.4 Å². The number of rotatable bonds is 2. The van der Waals surface area contributed by atoms with Gasteiger partial charge in [0.05, 0.1) is 0 Å². The van der Waals surface area contributed by atoms with Gasteiger partial charge in [-0.1, -0.05) is 29.3 Å². The molecule has 0 spiro atoms. The monoisotopic (exact) mass is 256 g/mol. The van der Waals surface area contributed by atoms with Crippen molar-refractivity contribution in [2.45, 2.75) is 27.2 Å². The first-order valence-corrected chi connectivity index (χ1v) is 6.17. The van der Waals surface area contributed by atoms with Crippen LogP contribution in [0.3, 0.4) is 0 Å². The summed E-state index contributed by atoms with van der Waals surface area (Å²) in [6, 6.07) is 5.09. The van der Waals surface area contributed by atoms with Crippen molar-refractivity contribution in [3.8, 4) is 0 Å². The van der Waals surface area contributed by atoms with Crippen molar-refractivity contribution in [1.82, 2.24) is 0 Å². The van der Waals surface area contributed by atoms with Crippen LogP contribution in [0.2, 0.25) is 0 Å². The van der Waals surface area contributed by atoms with E-state index in [4.69, 9.17) is 0 Å². The molecule has 1 aliphatic carbocycles. The molecule has 0 fully saturated rings. The summed E-state index contributed by atoms with van der Waals surface area (Å²) < 4.78 is 0. The minimum Gasteiger partial charge on any atom is -0.504 e. The van der Waals surface area contributed by atoms with Crippen molar-refractivity contribution < 1.29 is 14.7 Å². The van der Waals surface area contributed by atoms with E-state index in [0.717, 1.165) is 11.1 Å². The highest BCUT2D eigenvalue weighted by molar-refractivity contribution is 6.26. The van der Waals surface area contributed by atoms with E-state index >= 15 is 0 Å². The number of aliphatic hydroxyl groups is 1. The lowest BCUT2D eigenvalue weighted by molar-refractivity contribution is 0.0927. The molecule has 0 saturated heterocycles. The molecule has 3 heteroatoms. The lowest BCUT2D eigenvalue weighted by atomic mass is 9.86. The molecule has 2 rings (SSSR count). The molecule has 0 aromatic heterocycles. The van der Waals surface area contributed by atoms with Crippen LogP contribution >= 0.6 is 0 Å². The van der Waals surface area contributed by atoms with Gasteiger partial charge in [-0.3, -0.25) is 9.59 Å². The van der Waals surface area contributed by atoms with Gasteiger partial charge in [-0.05, 0) is 33.3 Å². The van der Waals surface area contributed by atoms with Gasteiger partial charge < -0.3 is 5.11 Å². The van der Waals surface area contributed by atoms with Crippen molar-refractivity contribution >= 4 is 11.6 Å². The molecule has 0 aliphatic heterocycles. The number of aryl methyl sites for hydroxylation is 1. The van der Waals surface area contributed by atoms with Gasteiger partial charge >= 0.3 is 0 Å². The fourth-order valence-corrected chi connectivity index (χ4v) is 2.07. The number of carbonyl (C=O) groups is 2. The van der Waals surface area contributed by atoms with E-state index in [0.29, 0.717) is 11.1 Å². The molecule has 19 heavy (non-hydrogen) atoms. The maximum Gasteiger partial charge on any atom is 0.228 e. The molecule has 0 bridgehead atoms. The molecule has 1 aromatic carbocycles. The smallest absolute Gasteiger partial charge is 0.228 e. The van der Waals surface area contributed by atoms with Crippen LogP contribution in [0.5, 0.6) is 0 Å². The van der Waals surface area contributed by atoms with Gasteiger partial charge in [0.15, 0.2) is 11.5 Å². The first kappa shape index (κ1) is 13.3. The number of ketones is 2. The highest BCUT2D eigenvalue weighted by atomic mass is 16.3. The number of benzene rings is 1. The highest BCUT2D eigenvalue weighted by Crippen LogP contribution is 2.28. The summed E-state index contributed by atoms with van der Waals surface area (Å²) in [6.07, 6.45) is 2.11. The SMILES string of the molecule is CC(C)=CCC1=C(O)C(=O)c2cc(C)ccc2C1=O. The van der Waals surface area contributed by atoms with E-state index in [1.165, 1.54) is 0 Å². The van der Waals surface area contributed by atoms with Crippen LogP contribution in [0, 0.1) is 6.92 Å². The average Bonchev–Trinajstić information content (AvgIpc) is 2.35. The normalized spacial score (nSPS) is 14.5. The van der Waals surface area contributed by atoms with Crippen LogP contribution in [0.4, 0.5) is 0 Å². The number of aliphatic hydroxyl groups excluding tert-OH is 1. The van der Waals surface area contributed by atoms with Crippen LogP contribution in [-0.4, -0.2) is 16.7 Å². The van der Waals surface area contributed by atoms with Gasteiger partial charge in [0.1, 0.15) is 0 Å². The van der Waals surface area contributed by atoms with Crippen molar-refractivity contribution in [3.63, 3.8) is 0 Å². The van der Waals surface area contributed by atoms with Crippen molar-refractivity contribution in [3.05, 3.63) is 57.9 Å². The van der Waals surface area contributed by atoms with Crippen molar-refractivity contribution in [2.75, 3.05) is 0 Å². The Morgan fingerprint density at radius 1 is 1.16 bits per heavy atom. The van der Waals surface area contributed by atoms with E-state index in [1.54, 1.807) is 18.2 Å². The minimum absolute atomic E-state index is 0.183. The molecule has 0 unspecified atom stereocenters. The molecule has 98 valence electrons. The third kappa shape index (κ3) is 2.36. The van der Waals surface area contributed by atoms with Gasteiger partial charge in [0, 0.05) is 16.7 Å². The zero-order valence-corrected chi connectivity index (χ0v) is 11.3. The third-order valence-electron chi connectivity index (χ3n) is 3.15. The second-order valence-electron chi connectivity index (χ2n) is 5.02. The maximum absolute atomic E-state index is 12.3. The Balaban J connectivity index is 2.52. The molecule has 3 nitrogen and oxygen atoms in total. The molecule has 0 amide bonds. The molecular weight excluding hydrogens is 240 g/mol. The first-order valence-electron chi connectivity index (χ1n) is 6.17. The van der Waals surface area contributed by atoms with Crippen LogP contribution in [-0.2, 0) is 0 Å². The van der Waals surface area contributed by atoms with E-state index in [9.17, 15) is 14.7 Å². The number of carbonyl (C=O) groups excluding carboxylic acids is 2. The zero-order chi connectivity index (χ0) is 14.2. The second-order valence-corrected chi connectivity index (χ2v) is 5.02. The summed E-state index contributed by atoms with van der Waals surface area (Å²) in [5.41, 5.74) is 2.78. The van der Waals surface area contributed by atoms with Gasteiger partial charge in [-0.25, -0.2) is 0 Å². The van der Waals surface area contributed by atoms with Crippen LogP contribution in [0.15, 0.2) is 41.2 Å². The molecule has 0 atom stereocenters. The minimum atomic E-state index is -0.463. The average molecular weight is 256 g/mol. The Bertz CT molecular complexity index is 629. The predicted molar refractivity (Wildman–Crippen MR) is 73.5 cm³/mol. The zero-order valence-electron chi connectivity index (χ0n) is 11.3. The number of Topliss-reactive ketones (excluding diaryl/α,β-unsaturated/α-hetero) is 2. The lowest BCUT2D eigenvalue weighted by Gasteiger charge is -2.17. The number of hydrogen-bond acceptors (Lipinski definition) is 3. The van der Waals surface area contributed by atoms with E-state index in [1.807, 2.05) is 26.8 Å². The number of allylic oxidation sites excluding steroid dienone is 4. The quantitative estimate of drug-likeness (QED) is 0.823. The van der Waals surface area contributed by atoms with Crippen molar-refractivity contribution in [2.24, 2.45) is 0 Å². The molecule has 1 aromatic rings. The molecule has 0 radical (unpaired) electrons. The standard InChI is InChI=1S/C16H16O3/c1-9(2)4-6-12-14(17)11-7-5-10(3)8-13(11)16(19)15(12)18/h4-5,7-8,18H,6H2,1-3H3. The molecule has 1 N–H and O–H groups in total. The summed E-state index contributed by atoms with van der Waals surface area (Å²) in [7, 11) is 0. The maximum atomic E-state index is 12.3. The van der Waals surface area contributed by atoms with Gasteiger partial charge in [-0.15, -0.1) is 0 Å². The molecule has 0 heterocycles. The Labute approximate surface area is 112 Å². The van der Waals surface area contributed by atoms with Crippen LogP contribution in [0.1, 0.15) is 46.5 Å². The largest absolute Gasteiger partial charge is 0.504 e.